The van der Waals surface area contributed by atoms with Crippen molar-refractivity contribution in [2.24, 2.45) is 22.2 Å². The molecule has 1 amide bonds. The molecule has 3 aromatic carbocycles. The summed E-state index contributed by atoms with van der Waals surface area (Å²) in [5.74, 6) is 1.34. The van der Waals surface area contributed by atoms with Crippen molar-refractivity contribution in [3.8, 4) is 22.4 Å². The van der Waals surface area contributed by atoms with Crippen LogP contribution in [-0.2, 0) is 4.79 Å². The van der Waals surface area contributed by atoms with Crippen LogP contribution in [0.3, 0.4) is 0 Å². The number of aliphatic imine (C=N–C) groups is 1. The fourth-order valence-electron chi connectivity index (χ4n) is 5.82. The number of amides is 1. The summed E-state index contributed by atoms with van der Waals surface area (Å²) in [6.07, 6.45) is 4.87. The highest BCUT2D eigenvalue weighted by Gasteiger charge is 2.30. The number of nitrogens with one attached hydrogen (secondary N) is 2. The van der Waals surface area contributed by atoms with Gasteiger partial charge < -0.3 is 10.3 Å². The van der Waals surface area contributed by atoms with Crippen molar-refractivity contribution in [2.75, 3.05) is 0 Å². The van der Waals surface area contributed by atoms with Gasteiger partial charge in [0.05, 0.1) is 17.9 Å². The third-order valence-corrected chi connectivity index (χ3v) is 9.07. The maximum absolute atomic E-state index is 13.0. The number of ketones is 1. The van der Waals surface area contributed by atoms with E-state index >= 15 is 0 Å². The van der Waals surface area contributed by atoms with E-state index < -0.39 is 5.41 Å². The lowest BCUT2D eigenvalue weighted by atomic mass is 9.88. The number of allylic oxidation sites excluding steroid dienone is 1. The minimum atomic E-state index is -0.449. The molecule has 0 unspecified atom stereocenters. The Labute approximate surface area is 283 Å². The van der Waals surface area contributed by atoms with Gasteiger partial charge in [0.2, 0.25) is 5.91 Å². The number of carbonyl (C=O) groups is 2. The van der Waals surface area contributed by atoms with Crippen molar-refractivity contribution in [1.82, 2.24) is 15.3 Å². The molecule has 47 heavy (non-hydrogen) atoms. The van der Waals surface area contributed by atoms with Crippen molar-refractivity contribution >= 4 is 34.6 Å². The molecule has 2 atom stereocenters. The Morgan fingerprint density at radius 3 is 2.06 bits per heavy atom. The van der Waals surface area contributed by atoms with E-state index in [2.05, 4.69) is 91.5 Å². The van der Waals surface area contributed by atoms with E-state index in [1.54, 1.807) is 18.2 Å². The van der Waals surface area contributed by atoms with Crippen LogP contribution in [0.5, 0.6) is 0 Å². The van der Waals surface area contributed by atoms with Crippen LogP contribution in [-0.4, -0.2) is 33.4 Å². The molecule has 2 heterocycles. The third kappa shape index (κ3) is 8.17. The van der Waals surface area contributed by atoms with Crippen LogP contribution in [0.15, 0.2) is 90.2 Å². The Bertz CT molecular complexity index is 1790. The second kappa shape index (κ2) is 14.2. The minimum absolute atomic E-state index is 0.0388. The molecule has 6 nitrogen and oxygen atoms in total. The molecule has 1 aliphatic heterocycles. The van der Waals surface area contributed by atoms with Crippen molar-refractivity contribution in [3.63, 3.8) is 0 Å². The molecule has 1 aromatic heterocycles. The maximum Gasteiger partial charge on any atom is 0.225 e. The number of carbonyl (C=O) groups excluding carboxylic acids is 2. The first-order valence-corrected chi connectivity index (χ1v) is 16.8. The Morgan fingerprint density at radius 1 is 0.872 bits per heavy atom. The normalized spacial score (nSPS) is 14.6. The number of Topliss-reactive ketones (excluding diaryl/α,β-unsaturated/α-hetero) is 1. The molecule has 0 aliphatic carbocycles. The number of hydrogen-bond donors (Lipinski definition) is 2. The first kappa shape index (κ1) is 34.1. The largest absolute Gasteiger partial charge is 0.347 e. The summed E-state index contributed by atoms with van der Waals surface area (Å²) >= 11 is 6.12. The van der Waals surface area contributed by atoms with Gasteiger partial charge in [-0.25, -0.2) is 4.98 Å². The van der Waals surface area contributed by atoms with Gasteiger partial charge in [0.15, 0.2) is 5.78 Å². The first-order chi connectivity index (χ1) is 22.3. The average Bonchev–Trinajstić information content (AvgIpc) is 3.72. The van der Waals surface area contributed by atoms with Crippen LogP contribution < -0.4 is 5.32 Å². The lowest BCUT2D eigenvalue weighted by molar-refractivity contribution is -0.129. The van der Waals surface area contributed by atoms with Crippen molar-refractivity contribution in [2.45, 2.75) is 73.3 Å². The van der Waals surface area contributed by atoms with Gasteiger partial charge in [-0.15, -0.1) is 0 Å². The molecule has 5 rings (SSSR count). The highest BCUT2D eigenvalue weighted by molar-refractivity contribution is 6.31. The van der Waals surface area contributed by atoms with Crippen LogP contribution >= 0.6 is 11.6 Å². The van der Waals surface area contributed by atoms with Gasteiger partial charge in [0, 0.05) is 46.7 Å². The molecule has 1 aliphatic rings. The number of benzene rings is 3. The van der Waals surface area contributed by atoms with Crippen LogP contribution in [0.1, 0.15) is 89.0 Å². The topological polar surface area (TPSA) is 87.2 Å². The quantitative estimate of drug-likeness (QED) is 0.159. The zero-order valence-corrected chi connectivity index (χ0v) is 29.2. The van der Waals surface area contributed by atoms with Gasteiger partial charge in [0.25, 0.3) is 0 Å². The molecular weight excluding hydrogens is 604 g/mol. The number of aromatic amines is 1. The second-order valence-electron chi connectivity index (χ2n) is 14.2. The fourth-order valence-corrected chi connectivity index (χ4v) is 6.02. The Kier molecular flexibility index (Phi) is 10.3. The smallest absolute Gasteiger partial charge is 0.225 e. The lowest BCUT2D eigenvalue weighted by Gasteiger charge is -2.27. The molecule has 0 radical (unpaired) electrons. The van der Waals surface area contributed by atoms with Crippen LogP contribution in [0, 0.1) is 17.3 Å². The monoisotopic (exact) mass is 648 g/mol. The molecule has 0 saturated heterocycles. The molecule has 0 fully saturated rings. The van der Waals surface area contributed by atoms with Gasteiger partial charge >= 0.3 is 0 Å². The van der Waals surface area contributed by atoms with Gasteiger partial charge in [-0.3, -0.25) is 14.6 Å². The second-order valence-corrected chi connectivity index (χ2v) is 14.7. The van der Waals surface area contributed by atoms with Crippen molar-refractivity contribution < 1.29 is 9.59 Å². The number of imidazole rings is 1. The summed E-state index contributed by atoms with van der Waals surface area (Å²) in [4.78, 5) is 38.6. The number of rotatable bonds is 11. The molecule has 0 bridgehead atoms. The minimum Gasteiger partial charge on any atom is -0.347 e. The summed E-state index contributed by atoms with van der Waals surface area (Å²) < 4.78 is 0. The van der Waals surface area contributed by atoms with E-state index in [9.17, 15) is 9.59 Å². The summed E-state index contributed by atoms with van der Waals surface area (Å²) in [5.41, 5.74) is 7.66. The number of aromatic nitrogens is 2. The molecular formula is C40H45ClN4O2. The zero-order valence-electron chi connectivity index (χ0n) is 28.4. The summed E-state index contributed by atoms with van der Waals surface area (Å²) in [7, 11) is 0. The van der Waals surface area contributed by atoms with Gasteiger partial charge in [-0.1, -0.05) is 121 Å². The molecule has 2 N–H and O–H groups in total. The Morgan fingerprint density at radius 2 is 1.49 bits per heavy atom. The van der Waals surface area contributed by atoms with Crippen molar-refractivity contribution in [1.29, 1.82) is 0 Å². The molecule has 7 heteroatoms. The predicted molar refractivity (Wildman–Crippen MR) is 194 cm³/mol. The van der Waals surface area contributed by atoms with E-state index in [1.807, 2.05) is 39.2 Å². The highest BCUT2D eigenvalue weighted by Crippen LogP contribution is 2.32. The van der Waals surface area contributed by atoms with Crippen LogP contribution in [0.2, 0.25) is 5.02 Å². The highest BCUT2D eigenvalue weighted by atomic mass is 35.5. The molecule has 0 saturated carbocycles. The van der Waals surface area contributed by atoms with Gasteiger partial charge in [-0.2, -0.15) is 0 Å². The van der Waals surface area contributed by atoms with E-state index in [1.165, 1.54) is 0 Å². The van der Waals surface area contributed by atoms with E-state index in [0.717, 1.165) is 51.5 Å². The number of hydrogen-bond acceptors (Lipinski definition) is 4. The standard InChI is InChI=1S/C40H45ClN4O2/c1-24(2)33(21-36(46)30-9-8-10-32(41)19-30)38-43-23-35(44-38)29-17-15-27(16-18-29)26-11-13-28(14-12-26)31-20-34(42-22-31)37(25(3)4)45-39(47)40(5,6)7/h8-19,22-25,33,37H,20-21H2,1-7H3,(H,43,44)(H,45,47)/t33-,37-/m0/s1. The van der Waals surface area contributed by atoms with E-state index in [4.69, 9.17) is 16.6 Å². The number of halogens is 1. The Hall–Kier alpha value is -4.29. The number of H-pyrrole nitrogens is 1. The molecule has 244 valence electrons. The lowest BCUT2D eigenvalue weighted by Crippen LogP contribution is -2.48. The van der Waals surface area contributed by atoms with Crippen molar-refractivity contribution in [3.05, 3.63) is 107 Å². The fraction of sp³-hybridized carbons (Fsp3) is 0.350. The molecule has 4 aromatic rings. The SMILES string of the molecule is CC(C)[C@H](NC(=O)C(C)(C)C)C1=NC=C(c2ccc(-c3ccc(-c4cnc([C@@H](CC(=O)c5cccc(Cl)c5)C(C)C)[nH]4)cc3)cc2)C1. The van der Waals surface area contributed by atoms with E-state index in [0.29, 0.717) is 17.0 Å². The average molecular weight is 649 g/mol. The maximum atomic E-state index is 13.0. The van der Waals surface area contributed by atoms with Crippen LogP contribution in [0.25, 0.3) is 28.0 Å². The zero-order chi connectivity index (χ0) is 33.9. The summed E-state index contributed by atoms with van der Waals surface area (Å²) in [5, 5.41) is 3.78. The van der Waals surface area contributed by atoms with Gasteiger partial charge in [-0.05, 0) is 51.8 Å². The molecule has 0 spiro atoms. The van der Waals surface area contributed by atoms with Gasteiger partial charge in [0.1, 0.15) is 5.82 Å². The summed E-state index contributed by atoms with van der Waals surface area (Å²) in [6, 6.07) is 24.0. The first-order valence-electron chi connectivity index (χ1n) is 16.4. The predicted octanol–water partition coefficient (Wildman–Crippen LogP) is 9.78. The summed E-state index contributed by atoms with van der Waals surface area (Å²) in [6.45, 7) is 14.3. The number of nitrogens with zero attached hydrogens (tertiary/aromatic N) is 2. The van der Waals surface area contributed by atoms with Crippen LogP contribution in [0.4, 0.5) is 0 Å². The van der Waals surface area contributed by atoms with E-state index in [-0.39, 0.29) is 35.5 Å². The Balaban J connectivity index is 1.23. The third-order valence-electron chi connectivity index (χ3n) is 8.84.